The number of carbonyl (C=O) groups excluding carboxylic acids is 1. The van der Waals surface area contributed by atoms with Gasteiger partial charge in [-0.05, 0) is 30.2 Å². The summed E-state index contributed by atoms with van der Waals surface area (Å²) in [6.07, 6.45) is 0. The number of halogens is 1. The van der Waals surface area contributed by atoms with Crippen molar-refractivity contribution in [3.05, 3.63) is 71.0 Å². The largest absolute Gasteiger partial charge is 0.336 e. The van der Waals surface area contributed by atoms with Crippen molar-refractivity contribution in [1.29, 1.82) is 0 Å². The fourth-order valence-electron chi connectivity index (χ4n) is 2.95. The van der Waals surface area contributed by atoms with Gasteiger partial charge in [-0.2, -0.15) is 0 Å². The molecule has 0 saturated carbocycles. The van der Waals surface area contributed by atoms with Gasteiger partial charge < -0.3 is 4.90 Å². The number of rotatable bonds is 3. The van der Waals surface area contributed by atoms with Crippen LogP contribution in [-0.4, -0.2) is 41.9 Å². The third kappa shape index (κ3) is 3.77. The summed E-state index contributed by atoms with van der Waals surface area (Å²) in [6.45, 7) is 5.80. The first-order valence-corrected chi connectivity index (χ1v) is 7.95. The van der Waals surface area contributed by atoms with Crippen LogP contribution in [0.2, 0.25) is 0 Å². The number of nitrogens with zero attached hydrogens (tertiary/aromatic N) is 2. The Bertz CT molecular complexity index is 679. The van der Waals surface area contributed by atoms with E-state index < -0.39 is 0 Å². The maximum Gasteiger partial charge on any atom is 0.254 e. The Hall–Kier alpha value is -2.20. The van der Waals surface area contributed by atoms with Crippen LogP contribution in [0.25, 0.3) is 0 Å². The summed E-state index contributed by atoms with van der Waals surface area (Å²) < 4.78 is 13.4. The van der Waals surface area contributed by atoms with Gasteiger partial charge in [0.15, 0.2) is 0 Å². The lowest BCUT2D eigenvalue weighted by Crippen LogP contribution is -2.48. The zero-order valence-electron chi connectivity index (χ0n) is 13.3. The van der Waals surface area contributed by atoms with Crippen molar-refractivity contribution in [2.45, 2.75) is 13.5 Å². The molecule has 0 bridgehead atoms. The highest BCUT2D eigenvalue weighted by atomic mass is 19.1. The lowest BCUT2D eigenvalue weighted by molar-refractivity contribution is 0.0627. The minimum absolute atomic E-state index is 0.0682. The number of amides is 1. The fourth-order valence-corrected chi connectivity index (χ4v) is 2.95. The molecule has 1 fully saturated rings. The molecule has 120 valence electrons. The molecule has 1 aliphatic heterocycles. The normalized spacial score (nSPS) is 15.7. The highest BCUT2D eigenvalue weighted by Crippen LogP contribution is 2.15. The Morgan fingerprint density at radius 3 is 2.43 bits per heavy atom. The third-order valence-corrected chi connectivity index (χ3v) is 4.34. The Morgan fingerprint density at radius 2 is 1.74 bits per heavy atom. The van der Waals surface area contributed by atoms with Crippen molar-refractivity contribution in [3.63, 3.8) is 0 Å². The average Bonchev–Trinajstić information content (AvgIpc) is 2.58. The highest BCUT2D eigenvalue weighted by molar-refractivity contribution is 5.95. The standard InChI is InChI=1S/C19H21FN2O/c1-15-7-8-17(20)13-18(15)19(23)22-11-9-21(10-12-22)14-16-5-3-2-4-6-16/h2-8,13H,9-12,14H2,1H3. The van der Waals surface area contributed by atoms with Crippen LogP contribution in [0.5, 0.6) is 0 Å². The van der Waals surface area contributed by atoms with Gasteiger partial charge in [0.05, 0.1) is 0 Å². The number of hydrogen-bond acceptors (Lipinski definition) is 2. The Labute approximate surface area is 136 Å². The first kappa shape index (κ1) is 15.7. The molecule has 2 aromatic rings. The lowest BCUT2D eigenvalue weighted by Gasteiger charge is -2.35. The summed E-state index contributed by atoms with van der Waals surface area (Å²) in [6, 6.07) is 14.7. The van der Waals surface area contributed by atoms with Crippen molar-refractivity contribution in [3.8, 4) is 0 Å². The number of aryl methyl sites for hydroxylation is 1. The van der Waals surface area contributed by atoms with Gasteiger partial charge >= 0.3 is 0 Å². The fraction of sp³-hybridized carbons (Fsp3) is 0.316. The maximum atomic E-state index is 13.4. The molecule has 0 atom stereocenters. The minimum atomic E-state index is -0.360. The molecule has 1 aliphatic rings. The van der Waals surface area contributed by atoms with E-state index >= 15 is 0 Å². The second-order valence-corrected chi connectivity index (χ2v) is 6.01. The topological polar surface area (TPSA) is 23.6 Å². The average molecular weight is 312 g/mol. The Kier molecular flexibility index (Phi) is 4.72. The molecule has 0 unspecified atom stereocenters. The van der Waals surface area contributed by atoms with Gasteiger partial charge in [-0.25, -0.2) is 4.39 Å². The molecule has 0 radical (unpaired) electrons. The molecule has 1 saturated heterocycles. The summed E-state index contributed by atoms with van der Waals surface area (Å²) in [4.78, 5) is 16.7. The van der Waals surface area contributed by atoms with Crippen molar-refractivity contribution >= 4 is 5.91 Å². The predicted octanol–water partition coefficient (Wildman–Crippen LogP) is 3.09. The van der Waals surface area contributed by atoms with Crippen LogP contribution in [0.4, 0.5) is 4.39 Å². The summed E-state index contributed by atoms with van der Waals surface area (Å²) in [5, 5.41) is 0. The minimum Gasteiger partial charge on any atom is -0.336 e. The first-order valence-electron chi connectivity index (χ1n) is 7.95. The Morgan fingerprint density at radius 1 is 1.04 bits per heavy atom. The molecule has 1 amide bonds. The SMILES string of the molecule is Cc1ccc(F)cc1C(=O)N1CCN(Cc2ccccc2)CC1. The number of carbonyl (C=O) groups is 1. The predicted molar refractivity (Wildman–Crippen MR) is 88.8 cm³/mol. The monoisotopic (exact) mass is 312 g/mol. The van der Waals surface area contributed by atoms with Gasteiger partial charge in [0, 0.05) is 38.3 Å². The molecule has 4 heteroatoms. The number of hydrogen-bond donors (Lipinski definition) is 0. The highest BCUT2D eigenvalue weighted by Gasteiger charge is 2.23. The van der Waals surface area contributed by atoms with Crippen molar-refractivity contribution in [1.82, 2.24) is 9.80 Å². The van der Waals surface area contributed by atoms with Gasteiger partial charge in [-0.15, -0.1) is 0 Å². The van der Waals surface area contributed by atoms with Crippen molar-refractivity contribution < 1.29 is 9.18 Å². The van der Waals surface area contributed by atoms with Gasteiger partial charge in [-0.1, -0.05) is 36.4 Å². The molecule has 3 nitrogen and oxygen atoms in total. The molecule has 3 rings (SSSR count). The van der Waals surface area contributed by atoms with E-state index in [9.17, 15) is 9.18 Å². The van der Waals surface area contributed by atoms with E-state index in [1.807, 2.05) is 30.0 Å². The lowest BCUT2D eigenvalue weighted by atomic mass is 10.1. The van der Waals surface area contributed by atoms with E-state index in [1.165, 1.54) is 17.7 Å². The second kappa shape index (κ2) is 6.92. The van der Waals surface area contributed by atoms with Crippen LogP contribution >= 0.6 is 0 Å². The third-order valence-electron chi connectivity index (χ3n) is 4.34. The maximum absolute atomic E-state index is 13.4. The van der Waals surface area contributed by atoms with Crippen LogP contribution in [0.3, 0.4) is 0 Å². The van der Waals surface area contributed by atoms with E-state index in [2.05, 4.69) is 17.0 Å². The van der Waals surface area contributed by atoms with Crippen LogP contribution in [0, 0.1) is 12.7 Å². The first-order chi connectivity index (χ1) is 11.1. The molecule has 0 aliphatic carbocycles. The van der Waals surface area contributed by atoms with Gasteiger partial charge in [0.25, 0.3) is 5.91 Å². The van der Waals surface area contributed by atoms with E-state index in [0.717, 1.165) is 25.2 Å². The second-order valence-electron chi connectivity index (χ2n) is 6.01. The molecule has 0 spiro atoms. The van der Waals surface area contributed by atoms with Gasteiger partial charge in [0.2, 0.25) is 0 Å². The quantitative estimate of drug-likeness (QED) is 0.869. The number of piperazine rings is 1. The zero-order chi connectivity index (χ0) is 16.2. The number of benzene rings is 2. The van der Waals surface area contributed by atoms with E-state index in [-0.39, 0.29) is 11.7 Å². The summed E-state index contributed by atoms with van der Waals surface area (Å²) in [5.41, 5.74) is 2.58. The van der Waals surface area contributed by atoms with Crippen LogP contribution in [0.15, 0.2) is 48.5 Å². The van der Waals surface area contributed by atoms with E-state index in [0.29, 0.717) is 18.7 Å². The van der Waals surface area contributed by atoms with Gasteiger partial charge in [0.1, 0.15) is 5.82 Å². The van der Waals surface area contributed by atoms with E-state index in [1.54, 1.807) is 6.07 Å². The smallest absolute Gasteiger partial charge is 0.254 e. The molecule has 1 heterocycles. The molecular weight excluding hydrogens is 291 g/mol. The van der Waals surface area contributed by atoms with E-state index in [4.69, 9.17) is 0 Å². The molecule has 23 heavy (non-hydrogen) atoms. The summed E-state index contributed by atoms with van der Waals surface area (Å²) in [5.74, 6) is -0.428. The molecule has 0 N–H and O–H groups in total. The van der Waals surface area contributed by atoms with Crippen molar-refractivity contribution in [2.75, 3.05) is 26.2 Å². The van der Waals surface area contributed by atoms with Crippen LogP contribution < -0.4 is 0 Å². The zero-order valence-corrected chi connectivity index (χ0v) is 13.3. The molecule has 2 aromatic carbocycles. The van der Waals surface area contributed by atoms with Gasteiger partial charge in [-0.3, -0.25) is 9.69 Å². The Balaban J connectivity index is 1.60. The molecule has 0 aromatic heterocycles. The summed E-state index contributed by atoms with van der Waals surface area (Å²) >= 11 is 0. The molecular formula is C19H21FN2O. The summed E-state index contributed by atoms with van der Waals surface area (Å²) in [7, 11) is 0. The van der Waals surface area contributed by atoms with Crippen LogP contribution in [-0.2, 0) is 6.54 Å². The van der Waals surface area contributed by atoms with Crippen LogP contribution in [0.1, 0.15) is 21.5 Å². The van der Waals surface area contributed by atoms with Crippen molar-refractivity contribution in [2.24, 2.45) is 0 Å².